The number of carbonyl (C=O) groups is 1. The van der Waals surface area contributed by atoms with Crippen LogP contribution in [-0.4, -0.2) is 35.8 Å². The van der Waals surface area contributed by atoms with Gasteiger partial charge in [-0.05, 0) is 33.9 Å². The summed E-state index contributed by atoms with van der Waals surface area (Å²) in [5, 5.41) is 11.1. The van der Waals surface area contributed by atoms with Gasteiger partial charge in [0.2, 0.25) is 0 Å². The molecule has 1 heterocycles. The van der Waals surface area contributed by atoms with Crippen LogP contribution in [0.4, 0.5) is 0 Å². The van der Waals surface area contributed by atoms with E-state index in [1.54, 1.807) is 16.9 Å². The smallest absolute Gasteiger partial charge is 0.255 e. The summed E-state index contributed by atoms with van der Waals surface area (Å²) in [6, 6.07) is 7.43. The molecule has 0 radical (unpaired) electrons. The van der Waals surface area contributed by atoms with E-state index < -0.39 is 0 Å². The molecule has 5 nitrogen and oxygen atoms in total. The van der Waals surface area contributed by atoms with Gasteiger partial charge in [0.15, 0.2) is 0 Å². The summed E-state index contributed by atoms with van der Waals surface area (Å²) < 4.78 is 1.80. The largest absolute Gasteiger partial charge is 0.351 e. The zero-order chi connectivity index (χ0) is 17.0. The van der Waals surface area contributed by atoms with Crippen molar-refractivity contribution in [1.82, 2.24) is 20.4 Å². The first-order valence-electron chi connectivity index (χ1n) is 7.62. The maximum Gasteiger partial charge on any atom is 0.255 e. The number of halogens is 1. The van der Waals surface area contributed by atoms with Crippen molar-refractivity contribution in [1.29, 1.82) is 0 Å². The van der Waals surface area contributed by atoms with Gasteiger partial charge in [0.1, 0.15) is 5.69 Å². The van der Waals surface area contributed by atoms with Crippen LogP contribution in [0.15, 0.2) is 30.5 Å². The summed E-state index contributed by atoms with van der Waals surface area (Å²) in [6.07, 6.45) is 1.79. The molecule has 1 amide bonds. The number of aromatic nitrogens is 2. The van der Waals surface area contributed by atoms with Crippen molar-refractivity contribution in [2.75, 3.05) is 20.1 Å². The van der Waals surface area contributed by atoms with E-state index in [2.05, 4.69) is 15.7 Å². The maximum atomic E-state index is 12.5. The van der Waals surface area contributed by atoms with Crippen LogP contribution < -0.4 is 10.6 Å². The van der Waals surface area contributed by atoms with Crippen molar-refractivity contribution in [3.63, 3.8) is 0 Å². The topological polar surface area (TPSA) is 58.9 Å². The number of hydrogen-bond acceptors (Lipinski definition) is 3. The van der Waals surface area contributed by atoms with E-state index in [0.717, 1.165) is 5.56 Å². The zero-order valence-electron chi connectivity index (χ0n) is 14.0. The highest BCUT2D eigenvalue weighted by atomic mass is 35.5. The highest BCUT2D eigenvalue weighted by molar-refractivity contribution is 6.33. The summed E-state index contributed by atoms with van der Waals surface area (Å²) in [6.45, 7) is 7.38. The lowest BCUT2D eigenvalue weighted by Gasteiger charge is -2.18. The Kier molecular flexibility index (Phi) is 5.44. The van der Waals surface area contributed by atoms with Gasteiger partial charge in [0.25, 0.3) is 5.91 Å². The van der Waals surface area contributed by atoms with Gasteiger partial charge in [-0.25, -0.2) is 0 Å². The van der Waals surface area contributed by atoms with Crippen molar-refractivity contribution < 1.29 is 4.79 Å². The first kappa shape index (κ1) is 17.5. The summed E-state index contributed by atoms with van der Waals surface area (Å²) in [5.41, 5.74) is 1.67. The van der Waals surface area contributed by atoms with E-state index in [-0.39, 0.29) is 11.4 Å². The van der Waals surface area contributed by atoms with Crippen molar-refractivity contribution in [2.24, 2.45) is 0 Å². The Labute approximate surface area is 142 Å². The fraction of sp³-hybridized carbons (Fsp3) is 0.412. The Balaban J connectivity index is 2.45. The fourth-order valence-corrected chi connectivity index (χ4v) is 2.36. The summed E-state index contributed by atoms with van der Waals surface area (Å²) in [7, 11) is 1.85. The third kappa shape index (κ3) is 4.12. The second-order valence-corrected chi connectivity index (χ2v) is 6.75. The van der Waals surface area contributed by atoms with Gasteiger partial charge in [-0.1, -0.05) is 29.8 Å². The number of nitrogens with zero attached hydrogens (tertiary/aromatic N) is 2. The normalized spacial score (nSPS) is 11.5. The summed E-state index contributed by atoms with van der Waals surface area (Å²) in [4.78, 5) is 12.5. The number of amides is 1. The number of benzene rings is 1. The van der Waals surface area contributed by atoms with E-state index in [9.17, 15) is 4.79 Å². The molecule has 2 N–H and O–H groups in total. The summed E-state index contributed by atoms with van der Waals surface area (Å²) in [5.74, 6) is -0.148. The number of nitrogens with one attached hydrogen (secondary N) is 2. The quantitative estimate of drug-likeness (QED) is 0.827. The highest BCUT2D eigenvalue weighted by Gasteiger charge is 2.23. The lowest BCUT2D eigenvalue weighted by molar-refractivity contribution is 0.0954. The van der Waals surface area contributed by atoms with Crippen LogP contribution in [0.1, 0.15) is 31.1 Å². The molecule has 1 aromatic carbocycles. The van der Waals surface area contributed by atoms with Crippen molar-refractivity contribution in [3.05, 3.63) is 41.0 Å². The minimum absolute atomic E-state index is 0.148. The molecule has 0 bridgehead atoms. The molecule has 0 aliphatic heterocycles. The van der Waals surface area contributed by atoms with E-state index in [4.69, 9.17) is 11.6 Å². The number of carbonyl (C=O) groups excluding carboxylic acids is 1. The number of hydrogen-bond donors (Lipinski definition) is 2. The molecule has 2 aromatic rings. The molecule has 0 unspecified atom stereocenters. The Morgan fingerprint density at radius 1 is 1.26 bits per heavy atom. The average Bonchev–Trinajstić information content (AvgIpc) is 2.93. The summed E-state index contributed by atoms with van der Waals surface area (Å²) >= 11 is 6.29. The van der Waals surface area contributed by atoms with Gasteiger partial charge < -0.3 is 10.6 Å². The van der Waals surface area contributed by atoms with Gasteiger partial charge in [-0.2, -0.15) is 5.10 Å². The first-order chi connectivity index (χ1) is 10.8. The molecule has 1 aromatic heterocycles. The van der Waals surface area contributed by atoms with Gasteiger partial charge in [-0.15, -0.1) is 0 Å². The average molecular weight is 335 g/mol. The molecule has 23 heavy (non-hydrogen) atoms. The molecule has 0 aliphatic carbocycles. The first-order valence-corrected chi connectivity index (χ1v) is 8.00. The van der Waals surface area contributed by atoms with Gasteiger partial charge in [0, 0.05) is 24.8 Å². The van der Waals surface area contributed by atoms with Crippen molar-refractivity contribution in [3.8, 4) is 11.3 Å². The van der Waals surface area contributed by atoms with Crippen molar-refractivity contribution in [2.45, 2.75) is 26.3 Å². The van der Waals surface area contributed by atoms with E-state index in [0.29, 0.717) is 29.4 Å². The van der Waals surface area contributed by atoms with Gasteiger partial charge >= 0.3 is 0 Å². The van der Waals surface area contributed by atoms with E-state index >= 15 is 0 Å². The van der Waals surface area contributed by atoms with Crippen LogP contribution in [0.3, 0.4) is 0 Å². The molecule has 0 saturated heterocycles. The lowest BCUT2D eigenvalue weighted by Crippen LogP contribution is -2.30. The highest BCUT2D eigenvalue weighted by Crippen LogP contribution is 2.30. The molecular formula is C17H23ClN4O. The van der Waals surface area contributed by atoms with Crippen LogP contribution >= 0.6 is 11.6 Å². The second-order valence-electron chi connectivity index (χ2n) is 6.35. The third-order valence-corrected chi connectivity index (χ3v) is 3.77. The Hall–Kier alpha value is -1.85. The molecule has 124 valence electrons. The van der Waals surface area contributed by atoms with E-state index in [1.807, 2.05) is 46.0 Å². The number of rotatable bonds is 5. The van der Waals surface area contributed by atoms with Gasteiger partial charge in [-0.3, -0.25) is 9.48 Å². The van der Waals surface area contributed by atoms with Crippen LogP contribution in [-0.2, 0) is 5.54 Å². The fourth-order valence-electron chi connectivity index (χ4n) is 2.13. The zero-order valence-corrected chi connectivity index (χ0v) is 14.7. The predicted molar refractivity (Wildman–Crippen MR) is 93.9 cm³/mol. The van der Waals surface area contributed by atoms with Crippen LogP contribution in [0.2, 0.25) is 5.02 Å². The molecule has 0 aliphatic rings. The number of likely N-dealkylation sites (N-methyl/N-ethyl adjacent to an activating group) is 1. The second kappa shape index (κ2) is 7.15. The standard InChI is InChI=1S/C17H23ClN4O/c1-17(2,3)22-11-13(16(23)20-10-9-19-4)15(21-22)12-7-5-6-8-14(12)18/h5-8,11,19H,9-10H2,1-4H3,(H,20,23). The van der Waals surface area contributed by atoms with Gasteiger partial charge in [0.05, 0.1) is 16.1 Å². The lowest BCUT2D eigenvalue weighted by atomic mass is 10.1. The molecule has 6 heteroatoms. The molecule has 0 fully saturated rings. The minimum Gasteiger partial charge on any atom is -0.351 e. The molecule has 0 atom stereocenters. The molecule has 0 saturated carbocycles. The Bertz CT molecular complexity index is 688. The molecule has 0 spiro atoms. The van der Waals surface area contributed by atoms with Crippen LogP contribution in [0, 0.1) is 0 Å². The Morgan fingerprint density at radius 3 is 2.57 bits per heavy atom. The minimum atomic E-state index is -0.223. The monoisotopic (exact) mass is 334 g/mol. The predicted octanol–water partition coefficient (Wildman–Crippen LogP) is 2.91. The van der Waals surface area contributed by atoms with Crippen LogP contribution in [0.5, 0.6) is 0 Å². The van der Waals surface area contributed by atoms with Crippen LogP contribution in [0.25, 0.3) is 11.3 Å². The Morgan fingerprint density at radius 2 is 1.96 bits per heavy atom. The maximum absolute atomic E-state index is 12.5. The van der Waals surface area contributed by atoms with E-state index in [1.165, 1.54) is 0 Å². The molecule has 2 rings (SSSR count). The third-order valence-electron chi connectivity index (χ3n) is 3.44. The SMILES string of the molecule is CNCCNC(=O)c1cn(C(C)(C)C)nc1-c1ccccc1Cl. The molecular weight excluding hydrogens is 312 g/mol. The van der Waals surface area contributed by atoms with Crippen molar-refractivity contribution >= 4 is 17.5 Å².